The Morgan fingerprint density at radius 1 is 1.32 bits per heavy atom. The first-order valence-electron chi connectivity index (χ1n) is 8.36. The molecule has 25 heavy (non-hydrogen) atoms. The van der Waals surface area contributed by atoms with Gasteiger partial charge in [0.15, 0.2) is 0 Å². The van der Waals surface area contributed by atoms with E-state index in [4.69, 9.17) is 4.74 Å². The van der Waals surface area contributed by atoms with E-state index in [-0.39, 0.29) is 24.5 Å². The quantitative estimate of drug-likeness (QED) is 0.829. The summed E-state index contributed by atoms with van der Waals surface area (Å²) in [5, 5.41) is 12.7. The van der Waals surface area contributed by atoms with Gasteiger partial charge in [0.05, 0.1) is 12.7 Å². The predicted molar refractivity (Wildman–Crippen MR) is 94.3 cm³/mol. The summed E-state index contributed by atoms with van der Waals surface area (Å²) < 4.78 is 5.18. The third kappa shape index (κ3) is 4.35. The van der Waals surface area contributed by atoms with Crippen LogP contribution >= 0.6 is 0 Å². The lowest BCUT2D eigenvalue weighted by Gasteiger charge is -2.18. The largest absolute Gasteiger partial charge is 0.497 e. The van der Waals surface area contributed by atoms with Crippen LogP contribution in [0.5, 0.6) is 5.75 Å². The topological polar surface area (TPSA) is 74.7 Å². The second-order valence-electron chi connectivity index (χ2n) is 6.31. The molecule has 0 saturated carbocycles. The van der Waals surface area contributed by atoms with Crippen LogP contribution in [0.15, 0.2) is 48.8 Å². The minimum Gasteiger partial charge on any atom is -0.497 e. The molecule has 2 unspecified atom stereocenters. The monoisotopic (exact) mass is 341 g/mol. The van der Waals surface area contributed by atoms with E-state index in [1.807, 2.05) is 24.3 Å². The number of pyridine rings is 1. The minimum atomic E-state index is -0.150. The summed E-state index contributed by atoms with van der Waals surface area (Å²) in [6.45, 7) is 2.29. The van der Waals surface area contributed by atoms with Crippen molar-refractivity contribution in [2.75, 3.05) is 26.8 Å². The number of amides is 1. The molecule has 1 amide bonds. The number of aromatic nitrogens is 1. The summed E-state index contributed by atoms with van der Waals surface area (Å²) in [6, 6.07) is 11.4. The molecule has 2 atom stereocenters. The highest BCUT2D eigenvalue weighted by atomic mass is 16.5. The summed E-state index contributed by atoms with van der Waals surface area (Å²) in [6.07, 6.45) is 3.19. The Hall–Kier alpha value is -2.44. The molecule has 6 heteroatoms. The lowest BCUT2D eigenvalue weighted by Crippen LogP contribution is -2.41. The van der Waals surface area contributed by atoms with Crippen LogP contribution in [0.4, 0.5) is 0 Å². The molecule has 1 fully saturated rings. The molecule has 0 aliphatic carbocycles. The van der Waals surface area contributed by atoms with Gasteiger partial charge in [-0.15, -0.1) is 0 Å². The number of nitrogens with one attached hydrogen (secondary N) is 1. The second-order valence-corrected chi connectivity index (χ2v) is 6.31. The maximum atomic E-state index is 12.3. The van der Waals surface area contributed by atoms with Crippen LogP contribution in [0, 0.1) is 5.92 Å². The van der Waals surface area contributed by atoms with Gasteiger partial charge in [-0.05, 0) is 29.8 Å². The highest BCUT2D eigenvalue weighted by Gasteiger charge is 2.33. The highest BCUT2D eigenvalue weighted by Crippen LogP contribution is 2.21. The summed E-state index contributed by atoms with van der Waals surface area (Å²) in [5.74, 6) is 0.710. The smallest absolute Gasteiger partial charge is 0.253 e. The zero-order valence-corrected chi connectivity index (χ0v) is 14.3. The van der Waals surface area contributed by atoms with E-state index in [9.17, 15) is 9.90 Å². The molecule has 1 aromatic heterocycles. The maximum absolute atomic E-state index is 12.3. The van der Waals surface area contributed by atoms with Crippen molar-refractivity contribution in [2.24, 2.45) is 5.92 Å². The van der Waals surface area contributed by atoms with Gasteiger partial charge < -0.3 is 15.2 Å². The molecule has 1 saturated heterocycles. The molecule has 0 spiro atoms. The number of aliphatic hydroxyl groups is 1. The van der Waals surface area contributed by atoms with Crippen LogP contribution in [-0.4, -0.2) is 53.7 Å². The van der Waals surface area contributed by atoms with E-state index in [2.05, 4.69) is 15.2 Å². The summed E-state index contributed by atoms with van der Waals surface area (Å²) >= 11 is 0. The van der Waals surface area contributed by atoms with Gasteiger partial charge in [-0.1, -0.05) is 12.1 Å². The molecule has 2 aromatic rings. The Kier molecular flexibility index (Phi) is 5.63. The SMILES string of the molecule is COc1ccc(CN2CC(CO)C(NC(=O)c3cccnc3)C2)cc1. The first-order valence-corrected chi connectivity index (χ1v) is 8.36. The molecule has 2 heterocycles. The van der Waals surface area contributed by atoms with Crippen molar-refractivity contribution in [3.8, 4) is 5.75 Å². The van der Waals surface area contributed by atoms with Crippen molar-refractivity contribution >= 4 is 5.91 Å². The van der Waals surface area contributed by atoms with Gasteiger partial charge >= 0.3 is 0 Å². The fraction of sp³-hybridized carbons (Fsp3) is 0.368. The van der Waals surface area contributed by atoms with Crippen molar-refractivity contribution in [3.63, 3.8) is 0 Å². The number of aliphatic hydroxyl groups excluding tert-OH is 1. The standard InChI is InChI=1S/C19H23N3O3/c1-25-17-6-4-14(5-7-17)10-22-11-16(13-23)18(12-22)21-19(24)15-3-2-8-20-9-15/h2-9,16,18,23H,10-13H2,1H3,(H,21,24). The maximum Gasteiger partial charge on any atom is 0.253 e. The first-order chi connectivity index (χ1) is 12.2. The fourth-order valence-electron chi connectivity index (χ4n) is 3.18. The van der Waals surface area contributed by atoms with Crippen LogP contribution in [0.2, 0.25) is 0 Å². The molecule has 1 aliphatic heterocycles. The van der Waals surface area contributed by atoms with Crippen molar-refractivity contribution in [2.45, 2.75) is 12.6 Å². The average Bonchev–Trinajstić information content (AvgIpc) is 3.04. The van der Waals surface area contributed by atoms with Crippen LogP contribution in [0.1, 0.15) is 15.9 Å². The van der Waals surface area contributed by atoms with Gasteiger partial charge in [0.2, 0.25) is 0 Å². The van der Waals surface area contributed by atoms with Crippen LogP contribution in [0.25, 0.3) is 0 Å². The van der Waals surface area contributed by atoms with Crippen molar-refractivity contribution < 1.29 is 14.6 Å². The molecule has 132 valence electrons. The molecule has 0 bridgehead atoms. The van der Waals surface area contributed by atoms with Crippen molar-refractivity contribution in [1.82, 2.24) is 15.2 Å². The lowest BCUT2D eigenvalue weighted by molar-refractivity contribution is 0.0920. The lowest BCUT2D eigenvalue weighted by atomic mass is 10.0. The number of hydrogen-bond donors (Lipinski definition) is 2. The molecule has 2 N–H and O–H groups in total. The predicted octanol–water partition coefficient (Wildman–Crippen LogP) is 1.31. The van der Waals surface area contributed by atoms with Gasteiger partial charge in [-0.3, -0.25) is 14.7 Å². The minimum absolute atomic E-state index is 0.0267. The molecule has 0 radical (unpaired) electrons. The van der Waals surface area contributed by atoms with Crippen molar-refractivity contribution in [3.05, 3.63) is 59.9 Å². The molecule has 1 aromatic carbocycles. The Labute approximate surface area is 147 Å². The van der Waals surface area contributed by atoms with E-state index < -0.39 is 0 Å². The number of nitrogens with zero attached hydrogens (tertiary/aromatic N) is 2. The van der Waals surface area contributed by atoms with Gasteiger partial charge in [-0.25, -0.2) is 0 Å². The molecular formula is C19H23N3O3. The van der Waals surface area contributed by atoms with E-state index >= 15 is 0 Å². The molecular weight excluding hydrogens is 318 g/mol. The third-order valence-electron chi connectivity index (χ3n) is 4.56. The number of hydrogen-bond acceptors (Lipinski definition) is 5. The number of likely N-dealkylation sites (tertiary alicyclic amines) is 1. The molecule has 3 rings (SSSR count). The molecule has 1 aliphatic rings. The number of benzene rings is 1. The van der Waals surface area contributed by atoms with Crippen LogP contribution in [0.3, 0.4) is 0 Å². The van der Waals surface area contributed by atoms with Crippen LogP contribution < -0.4 is 10.1 Å². The molecule has 6 nitrogen and oxygen atoms in total. The Bertz CT molecular complexity index is 691. The fourth-order valence-corrected chi connectivity index (χ4v) is 3.18. The van der Waals surface area contributed by atoms with E-state index in [0.29, 0.717) is 12.1 Å². The highest BCUT2D eigenvalue weighted by molar-refractivity contribution is 5.94. The van der Waals surface area contributed by atoms with Gasteiger partial charge in [0.1, 0.15) is 5.75 Å². The van der Waals surface area contributed by atoms with Gasteiger partial charge in [0.25, 0.3) is 5.91 Å². The number of ether oxygens (including phenoxy) is 1. The zero-order chi connectivity index (χ0) is 17.6. The second kappa shape index (κ2) is 8.09. The van der Waals surface area contributed by atoms with E-state index in [0.717, 1.165) is 18.8 Å². The first kappa shape index (κ1) is 17.4. The van der Waals surface area contributed by atoms with E-state index in [1.165, 1.54) is 5.56 Å². The number of carbonyl (C=O) groups excluding carboxylic acids is 1. The number of rotatable bonds is 6. The number of carbonyl (C=O) groups is 1. The van der Waals surface area contributed by atoms with Crippen LogP contribution in [-0.2, 0) is 6.54 Å². The Morgan fingerprint density at radius 2 is 2.12 bits per heavy atom. The van der Waals surface area contributed by atoms with E-state index in [1.54, 1.807) is 31.6 Å². The Morgan fingerprint density at radius 3 is 2.76 bits per heavy atom. The zero-order valence-electron chi connectivity index (χ0n) is 14.3. The summed E-state index contributed by atoms with van der Waals surface area (Å²) in [5.41, 5.74) is 1.71. The summed E-state index contributed by atoms with van der Waals surface area (Å²) in [7, 11) is 1.65. The third-order valence-corrected chi connectivity index (χ3v) is 4.56. The normalized spacial score (nSPS) is 20.4. The number of methoxy groups -OCH3 is 1. The van der Waals surface area contributed by atoms with Gasteiger partial charge in [0, 0.05) is 50.6 Å². The summed E-state index contributed by atoms with van der Waals surface area (Å²) in [4.78, 5) is 18.6. The van der Waals surface area contributed by atoms with Gasteiger partial charge in [-0.2, -0.15) is 0 Å². The Balaban J connectivity index is 1.60. The van der Waals surface area contributed by atoms with Crippen molar-refractivity contribution in [1.29, 1.82) is 0 Å². The average molecular weight is 341 g/mol.